The quantitative estimate of drug-likeness (QED) is 0.787. The zero-order valence-electron chi connectivity index (χ0n) is 9.60. The first kappa shape index (κ1) is 11.1. The lowest BCUT2D eigenvalue weighted by molar-refractivity contribution is -0.144. The van der Waals surface area contributed by atoms with Gasteiger partial charge in [0.15, 0.2) is 0 Å². The summed E-state index contributed by atoms with van der Waals surface area (Å²) in [5.41, 5.74) is 5.76. The van der Waals surface area contributed by atoms with E-state index < -0.39 is 11.5 Å². The summed E-state index contributed by atoms with van der Waals surface area (Å²) in [7, 11) is 0. The largest absolute Gasteiger partial charge is 0.480 e. The monoisotopic (exact) mass is 223 g/mol. The van der Waals surface area contributed by atoms with Crippen LogP contribution in [-0.2, 0) is 11.3 Å². The number of carboxylic acids is 1. The van der Waals surface area contributed by atoms with Crippen LogP contribution in [0.1, 0.15) is 24.4 Å². The van der Waals surface area contributed by atoms with Crippen LogP contribution in [0.4, 0.5) is 0 Å². The maximum atomic E-state index is 11.3. The molecular weight excluding hydrogens is 206 g/mol. The Morgan fingerprint density at radius 1 is 1.69 bits per heavy atom. The van der Waals surface area contributed by atoms with Crippen molar-refractivity contribution in [3.05, 3.63) is 17.7 Å². The molecule has 1 saturated carbocycles. The summed E-state index contributed by atoms with van der Waals surface area (Å²) in [5, 5.41) is 9.24. The smallest absolute Gasteiger partial charge is 0.325 e. The molecule has 2 rings (SSSR count). The number of aryl methyl sites for hydroxylation is 2. The average Bonchev–Trinajstić information content (AvgIpc) is 2.95. The molecule has 16 heavy (non-hydrogen) atoms. The third-order valence-electron chi connectivity index (χ3n) is 3.23. The van der Waals surface area contributed by atoms with Gasteiger partial charge in [0.2, 0.25) is 0 Å². The molecule has 88 valence electrons. The molecule has 1 aliphatic carbocycles. The minimum Gasteiger partial charge on any atom is -0.480 e. The summed E-state index contributed by atoms with van der Waals surface area (Å²) in [5.74, 6) is 0.00193. The summed E-state index contributed by atoms with van der Waals surface area (Å²) in [6.45, 7) is 4.06. The fourth-order valence-corrected chi connectivity index (χ4v) is 2.08. The second kappa shape index (κ2) is 3.59. The van der Waals surface area contributed by atoms with E-state index in [1.807, 2.05) is 24.6 Å². The van der Waals surface area contributed by atoms with Gasteiger partial charge in [-0.05, 0) is 32.6 Å². The molecule has 0 aliphatic heterocycles. The highest BCUT2D eigenvalue weighted by Gasteiger charge is 2.48. The lowest BCUT2D eigenvalue weighted by Crippen LogP contribution is -2.53. The van der Waals surface area contributed by atoms with Crippen LogP contribution in [0.2, 0.25) is 0 Å². The molecular formula is C11H17N3O2. The van der Waals surface area contributed by atoms with Crippen LogP contribution < -0.4 is 5.73 Å². The lowest BCUT2D eigenvalue weighted by atomic mass is 9.94. The Balaban J connectivity index is 2.24. The SMILES string of the molecule is Cc1cn(CC(N)(C(=O)O)C2CC2)c(C)n1. The minimum atomic E-state index is -1.14. The number of carbonyl (C=O) groups is 1. The van der Waals surface area contributed by atoms with Crippen LogP contribution in [0.15, 0.2) is 6.20 Å². The van der Waals surface area contributed by atoms with E-state index in [-0.39, 0.29) is 5.92 Å². The van der Waals surface area contributed by atoms with Crippen molar-refractivity contribution >= 4 is 5.97 Å². The van der Waals surface area contributed by atoms with Crippen molar-refractivity contribution in [2.45, 2.75) is 38.8 Å². The van der Waals surface area contributed by atoms with Gasteiger partial charge in [-0.3, -0.25) is 4.79 Å². The molecule has 5 nitrogen and oxygen atoms in total. The highest BCUT2D eigenvalue weighted by Crippen LogP contribution is 2.39. The van der Waals surface area contributed by atoms with Crippen molar-refractivity contribution in [2.75, 3.05) is 0 Å². The number of aliphatic carboxylic acids is 1. The van der Waals surface area contributed by atoms with Gasteiger partial charge in [0.1, 0.15) is 11.4 Å². The van der Waals surface area contributed by atoms with Crippen LogP contribution in [0.3, 0.4) is 0 Å². The third kappa shape index (κ3) is 1.82. The number of hydrogen-bond acceptors (Lipinski definition) is 3. The van der Waals surface area contributed by atoms with E-state index in [0.717, 1.165) is 24.4 Å². The fraction of sp³-hybridized carbons (Fsp3) is 0.636. The highest BCUT2D eigenvalue weighted by atomic mass is 16.4. The molecule has 0 spiro atoms. The Morgan fingerprint density at radius 2 is 2.31 bits per heavy atom. The van der Waals surface area contributed by atoms with Gasteiger partial charge in [0, 0.05) is 6.20 Å². The predicted molar refractivity (Wildman–Crippen MR) is 59.0 cm³/mol. The number of aromatic nitrogens is 2. The maximum Gasteiger partial charge on any atom is 0.325 e. The van der Waals surface area contributed by atoms with Gasteiger partial charge in [-0.1, -0.05) is 0 Å². The van der Waals surface area contributed by atoms with Crippen molar-refractivity contribution in [1.29, 1.82) is 0 Å². The molecule has 0 aromatic carbocycles. The number of rotatable bonds is 4. The molecule has 3 N–H and O–H groups in total. The van der Waals surface area contributed by atoms with Crippen molar-refractivity contribution in [3.63, 3.8) is 0 Å². The van der Waals surface area contributed by atoms with Gasteiger partial charge in [-0.25, -0.2) is 4.98 Å². The standard InChI is InChI=1S/C11H17N3O2/c1-7-5-14(8(2)13-7)6-11(12,10(15)16)9-3-4-9/h5,9H,3-4,6,12H2,1-2H3,(H,15,16). The van der Waals surface area contributed by atoms with Crippen molar-refractivity contribution < 1.29 is 9.90 Å². The Bertz CT molecular complexity index is 423. The van der Waals surface area contributed by atoms with E-state index in [0.29, 0.717) is 6.54 Å². The molecule has 1 fully saturated rings. The Kier molecular flexibility index (Phi) is 2.50. The van der Waals surface area contributed by atoms with Crippen LogP contribution >= 0.6 is 0 Å². The topological polar surface area (TPSA) is 81.1 Å². The summed E-state index contributed by atoms with van der Waals surface area (Å²) in [6, 6.07) is 0. The van der Waals surface area contributed by atoms with E-state index in [1.165, 1.54) is 0 Å². The van der Waals surface area contributed by atoms with Crippen LogP contribution in [0, 0.1) is 19.8 Å². The molecule has 0 bridgehead atoms. The molecule has 1 aromatic rings. The van der Waals surface area contributed by atoms with E-state index >= 15 is 0 Å². The van der Waals surface area contributed by atoms with E-state index in [4.69, 9.17) is 5.73 Å². The molecule has 1 heterocycles. The first-order valence-electron chi connectivity index (χ1n) is 5.46. The normalized spacial score (nSPS) is 19.4. The molecule has 1 atom stereocenters. The second-order valence-corrected chi connectivity index (χ2v) is 4.68. The summed E-state index contributed by atoms with van der Waals surface area (Å²) >= 11 is 0. The van der Waals surface area contributed by atoms with E-state index in [9.17, 15) is 9.90 Å². The molecule has 1 unspecified atom stereocenters. The van der Waals surface area contributed by atoms with Crippen molar-refractivity contribution in [3.8, 4) is 0 Å². The molecule has 0 amide bonds. The second-order valence-electron chi connectivity index (χ2n) is 4.68. The summed E-state index contributed by atoms with van der Waals surface area (Å²) < 4.78 is 1.84. The fourth-order valence-electron chi connectivity index (χ4n) is 2.08. The van der Waals surface area contributed by atoms with E-state index in [1.54, 1.807) is 0 Å². The van der Waals surface area contributed by atoms with Gasteiger partial charge < -0.3 is 15.4 Å². The Labute approximate surface area is 94.3 Å². The molecule has 0 saturated heterocycles. The average molecular weight is 223 g/mol. The van der Waals surface area contributed by atoms with Crippen LogP contribution in [0.5, 0.6) is 0 Å². The number of nitrogens with two attached hydrogens (primary N) is 1. The van der Waals surface area contributed by atoms with Gasteiger partial charge in [-0.15, -0.1) is 0 Å². The zero-order chi connectivity index (χ0) is 11.9. The Hall–Kier alpha value is -1.36. The van der Waals surface area contributed by atoms with Gasteiger partial charge in [0.05, 0.1) is 12.2 Å². The van der Waals surface area contributed by atoms with Gasteiger partial charge >= 0.3 is 5.97 Å². The number of nitrogens with zero attached hydrogens (tertiary/aromatic N) is 2. The number of imidazole rings is 1. The van der Waals surface area contributed by atoms with Crippen molar-refractivity contribution in [1.82, 2.24) is 9.55 Å². The minimum absolute atomic E-state index is 0.104. The molecule has 1 aromatic heterocycles. The van der Waals surface area contributed by atoms with Crippen LogP contribution in [-0.4, -0.2) is 26.2 Å². The molecule has 0 radical (unpaired) electrons. The number of carboxylic acid groups (broad SMARTS) is 1. The maximum absolute atomic E-state index is 11.3. The lowest BCUT2D eigenvalue weighted by Gasteiger charge is -2.25. The van der Waals surface area contributed by atoms with Crippen LogP contribution in [0.25, 0.3) is 0 Å². The first-order valence-corrected chi connectivity index (χ1v) is 5.46. The first-order chi connectivity index (χ1) is 7.43. The highest BCUT2D eigenvalue weighted by molar-refractivity contribution is 5.79. The Morgan fingerprint density at radius 3 is 2.69 bits per heavy atom. The third-order valence-corrected chi connectivity index (χ3v) is 3.23. The molecule has 5 heteroatoms. The zero-order valence-corrected chi connectivity index (χ0v) is 9.60. The van der Waals surface area contributed by atoms with Gasteiger partial charge in [-0.2, -0.15) is 0 Å². The molecule has 1 aliphatic rings. The van der Waals surface area contributed by atoms with Gasteiger partial charge in [0.25, 0.3) is 0 Å². The predicted octanol–water partition coefficient (Wildman–Crippen LogP) is 0.692. The van der Waals surface area contributed by atoms with Crippen molar-refractivity contribution in [2.24, 2.45) is 11.7 Å². The summed E-state index contributed by atoms with van der Waals surface area (Å²) in [6.07, 6.45) is 3.67. The van der Waals surface area contributed by atoms with E-state index in [2.05, 4.69) is 4.98 Å². The number of hydrogen-bond donors (Lipinski definition) is 2. The summed E-state index contributed by atoms with van der Waals surface area (Å²) in [4.78, 5) is 15.5.